The molecule has 1 aromatic carbocycles. The van der Waals surface area contributed by atoms with E-state index in [2.05, 4.69) is 25.1 Å². The molecule has 0 spiro atoms. The lowest BCUT2D eigenvalue weighted by atomic mass is 9.97. The summed E-state index contributed by atoms with van der Waals surface area (Å²) in [5.74, 6) is 1.07. The first kappa shape index (κ1) is 8.61. The minimum Gasteiger partial charge on any atom is -0.494 e. The molecule has 1 fully saturated rings. The zero-order valence-corrected chi connectivity index (χ0v) is 8.34. The van der Waals surface area contributed by atoms with Crippen LogP contribution >= 0.6 is 0 Å². The maximum Gasteiger partial charge on any atom is 0.123 e. The molecule has 0 bridgehead atoms. The van der Waals surface area contributed by atoms with Crippen LogP contribution in [0.2, 0.25) is 0 Å². The van der Waals surface area contributed by atoms with Gasteiger partial charge in [-0.1, -0.05) is 25.1 Å². The van der Waals surface area contributed by atoms with Crippen LogP contribution in [0, 0.1) is 0 Å². The van der Waals surface area contributed by atoms with Gasteiger partial charge in [0, 0.05) is 5.56 Å². The molecule has 0 radical (unpaired) electrons. The van der Waals surface area contributed by atoms with E-state index in [1.165, 1.54) is 18.4 Å². The number of rotatable bonds is 3. The summed E-state index contributed by atoms with van der Waals surface area (Å²) in [4.78, 5) is 0. The van der Waals surface area contributed by atoms with Crippen LogP contribution in [-0.4, -0.2) is 6.61 Å². The van der Waals surface area contributed by atoms with Gasteiger partial charge in [-0.2, -0.15) is 0 Å². The summed E-state index contributed by atoms with van der Waals surface area (Å²) in [5.41, 5.74) is 1.79. The molecule has 0 saturated heterocycles. The molecule has 70 valence electrons. The summed E-state index contributed by atoms with van der Waals surface area (Å²) in [5, 5.41) is 0. The van der Waals surface area contributed by atoms with Gasteiger partial charge < -0.3 is 4.74 Å². The van der Waals surface area contributed by atoms with Crippen LogP contribution in [0.1, 0.15) is 32.3 Å². The van der Waals surface area contributed by atoms with E-state index in [9.17, 15) is 0 Å². The average molecular weight is 176 g/mol. The molecule has 0 heterocycles. The van der Waals surface area contributed by atoms with Gasteiger partial charge in [0.2, 0.25) is 0 Å². The summed E-state index contributed by atoms with van der Waals surface area (Å²) in [7, 11) is 0. The van der Waals surface area contributed by atoms with Crippen LogP contribution in [-0.2, 0) is 5.41 Å². The SMILES string of the molecule is CCOc1ccccc1C1(C)CC1. The van der Waals surface area contributed by atoms with Gasteiger partial charge in [-0.25, -0.2) is 0 Å². The molecule has 1 aromatic rings. The molecule has 0 amide bonds. The highest BCUT2D eigenvalue weighted by Crippen LogP contribution is 2.50. The van der Waals surface area contributed by atoms with Crippen molar-refractivity contribution in [3.8, 4) is 5.75 Å². The van der Waals surface area contributed by atoms with Crippen LogP contribution in [0.25, 0.3) is 0 Å². The van der Waals surface area contributed by atoms with Gasteiger partial charge in [-0.05, 0) is 31.2 Å². The van der Waals surface area contributed by atoms with Gasteiger partial charge >= 0.3 is 0 Å². The second kappa shape index (κ2) is 3.06. The van der Waals surface area contributed by atoms with Crippen molar-refractivity contribution in [3.05, 3.63) is 29.8 Å². The Hall–Kier alpha value is -0.980. The quantitative estimate of drug-likeness (QED) is 0.687. The third kappa shape index (κ3) is 1.55. The first-order valence-corrected chi connectivity index (χ1v) is 4.98. The molecule has 0 atom stereocenters. The number of para-hydroxylation sites is 1. The maximum absolute atomic E-state index is 5.60. The maximum atomic E-state index is 5.60. The lowest BCUT2D eigenvalue weighted by Crippen LogP contribution is -2.04. The van der Waals surface area contributed by atoms with Crippen molar-refractivity contribution in [2.24, 2.45) is 0 Å². The second-order valence-corrected chi connectivity index (χ2v) is 3.99. The minimum atomic E-state index is 0.408. The van der Waals surface area contributed by atoms with E-state index in [-0.39, 0.29) is 0 Å². The number of hydrogen-bond donors (Lipinski definition) is 0. The highest BCUT2D eigenvalue weighted by Gasteiger charge is 2.40. The molecule has 13 heavy (non-hydrogen) atoms. The normalized spacial score (nSPS) is 18.3. The molecule has 1 aliphatic rings. The van der Waals surface area contributed by atoms with Crippen molar-refractivity contribution in [1.29, 1.82) is 0 Å². The van der Waals surface area contributed by atoms with E-state index in [0.29, 0.717) is 5.41 Å². The average Bonchev–Trinajstić information content (AvgIpc) is 2.86. The molecule has 1 aliphatic carbocycles. The van der Waals surface area contributed by atoms with Crippen LogP contribution in [0.15, 0.2) is 24.3 Å². The zero-order chi connectivity index (χ0) is 9.31. The standard InChI is InChI=1S/C12H16O/c1-3-13-11-7-5-4-6-10(11)12(2)8-9-12/h4-7H,3,8-9H2,1-2H3. The van der Waals surface area contributed by atoms with E-state index in [1.807, 2.05) is 13.0 Å². The van der Waals surface area contributed by atoms with Gasteiger partial charge in [0.1, 0.15) is 5.75 Å². The Morgan fingerprint density at radius 1 is 1.31 bits per heavy atom. The number of benzene rings is 1. The summed E-state index contributed by atoms with van der Waals surface area (Å²) in [6, 6.07) is 8.40. The van der Waals surface area contributed by atoms with Crippen molar-refractivity contribution in [1.82, 2.24) is 0 Å². The third-order valence-electron chi connectivity index (χ3n) is 2.84. The van der Waals surface area contributed by atoms with Crippen molar-refractivity contribution in [3.63, 3.8) is 0 Å². The summed E-state index contributed by atoms with van der Waals surface area (Å²) < 4.78 is 5.60. The van der Waals surface area contributed by atoms with Crippen molar-refractivity contribution in [2.45, 2.75) is 32.1 Å². The number of ether oxygens (including phenoxy) is 1. The summed E-state index contributed by atoms with van der Waals surface area (Å²) in [6.07, 6.45) is 2.61. The van der Waals surface area contributed by atoms with Gasteiger partial charge in [0.15, 0.2) is 0 Å². The lowest BCUT2D eigenvalue weighted by molar-refractivity contribution is 0.334. The molecular weight excluding hydrogens is 160 g/mol. The Bertz CT molecular complexity index is 300. The first-order chi connectivity index (χ1) is 6.26. The van der Waals surface area contributed by atoms with Crippen LogP contribution in [0.5, 0.6) is 5.75 Å². The predicted octanol–water partition coefficient (Wildman–Crippen LogP) is 3.14. The zero-order valence-electron chi connectivity index (χ0n) is 8.34. The fourth-order valence-corrected chi connectivity index (χ4v) is 1.70. The van der Waals surface area contributed by atoms with Crippen molar-refractivity contribution < 1.29 is 4.74 Å². The third-order valence-corrected chi connectivity index (χ3v) is 2.84. The largest absolute Gasteiger partial charge is 0.494 e. The topological polar surface area (TPSA) is 9.23 Å². The Kier molecular flexibility index (Phi) is 2.03. The van der Waals surface area contributed by atoms with Gasteiger partial charge in [-0.15, -0.1) is 0 Å². The molecule has 0 N–H and O–H groups in total. The highest BCUT2D eigenvalue weighted by atomic mass is 16.5. The van der Waals surface area contributed by atoms with Gasteiger partial charge in [-0.3, -0.25) is 0 Å². The van der Waals surface area contributed by atoms with Crippen molar-refractivity contribution >= 4 is 0 Å². The predicted molar refractivity (Wildman–Crippen MR) is 54.2 cm³/mol. The lowest BCUT2D eigenvalue weighted by Gasteiger charge is -2.14. The molecule has 0 unspecified atom stereocenters. The summed E-state index contributed by atoms with van der Waals surface area (Å²) >= 11 is 0. The van der Waals surface area contributed by atoms with E-state index in [4.69, 9.17) is 4.74 Å². The van der Waals surface area contributed by atoms with Crippen molar-refractivity contribution in [2.75, 3.05) is 6.61 Å². The van der Waals surface area contributed by atoms with Gasteiger partial charge in [0.05, 0.1) is 6.61 Å². The molecule has 0 aliphatic heterocycles. The minimum absolute atomic E-state index is 0.408. The first-order valence-electron chi connectivity index (χ1n) is 4.98. The number of hydrogen-bond acceptors (Lipinski definition) is 1. The van der Waals surface area contributed by atoms with Gasteiger partial charge in [0.25, 0.3) is 0 Å². The molecule has 1 saturated carbocycles. The van der Waals surface area contributed by atoms with Crippen LogP contribution in [0.4, 0.5) is 0 Å². The van der Waals surface area contributed by atoms with Crippen LogP contribution < -0.4 is 4.74 Å². The fraction of sp³-hybridized carbons (Fsp3) is 0.500. The van der Waals surface area contributed by atoms with E-state index in [1.54, 1.807) is 0 Å². The molecular formula is C12H16O. The van der Waals surface area contributed by atoms with E-state index < -0.39 is 0 Å². The molecule has 1 nitrogen and oxygen atoms in total. The molecule has 0 aromatic heterocycles. The Morgan fingerprint density at radius 3 is 2.62 bits per heavy atom. The highest BCUT2D eigenvalue weighted by molar-refractivity contribution is 5.42. The monoisotopic (exact) mass is 176 g/mol. The molecule has 1 heteroatoms. The second-order valence-electron chi connectivity index (χ2n) is 3.99. The fourth-order valence-electron chi connectivity index (χ4n) is 1.70. The van der Waals surface area contributed by atoms with E-state index in [0.717, 1.165) is 12.4 Å². The van der Waals surface area contributed by atoms with E-state index >= 15 is 0 Å². The summed E-state index contributed by atoms with van der Waals surface area (Å²) in [6.45, 7) is 5.10. The Balaban J connectivity index is 2.32. The smallest absolute Gasteiger partial charge is 0.123 e. The molecule has 2 rings (SSSR count). The Morgan fingerprint density at radius 2 is 2.00 bits per heavy atom. The van der Waals surface area contributed by atoms with Crippen LogP contribution in [0.3, 0.4) is 0 Å². The Labute approximate surface area is 79.7 Å².